The lowest BCUT2D eigenvalue weighted by atomic mass is 10.1. The number of aliphatic carboxylic acids is 1. The van der Waals surface area contributed by atoms with Gasteiger partial charge in [-0.25, -0.2) is 9.78 Å². The monoisotopic (exact) mass is 393 g/mol. The standard InChI is InChI=1S/C16H17N5.C2HF3O2/c1-2-3-13(4-7-17)21-11-12(10-20-21)14-5-8-18-16-15(14)6-9-19-16;3-2(4,5)1(6)7/h5-6,8-11,13H,2-4H2,1H3,(H,18,19);(H,6,7)/t13-;/m1./s1. The minimum atomic E-state index is -5.08. The molecule has 0 aliphatic carbocycles. The third kappa shape index (κ3) is 5.09. The van der Waals surface area contributed by atoms with Gasteiger partial charge in [-0.1, -0.05) is 13.3 Å². The van der Waals surface area contributed by atoms with Gasteiger partial charge in [0.2, 0.25) is 0 Å². The number of fused-ring (bicyclic) bond motifs is 1. The first-order valence-electron chi connectivity index (χ1n) is 8.41. The van der Waals surface area contributed by atoms with Crippen LogP contribution in [0.4, 0.5) is 13.2 Å². The lowest BCUT2D eigenvalue weighted by Gasteiger charge is -2.12. The molecule has 28 heavy (non-hydrogen) atoms. The maximum Gasteiger partial charge on any atom is 0.490 e. The largest absolute Gasteiger partial charge is 0.490 e. The number of rotatable bonds is 5. The second kappa shape index (κ2) is 9.03. The van der Waals surface area contributed by atoms with Gasteiger partial charge in [0, 0.05) is 29.5 Å². The summed E-state index contributed by atoms with van der Waals surface area (Å²) in [5, 5.41) is 21.6. The Labute approximate surface area is 158 Å². The van der Waals surface area contributed by atoms with E-state index in [1.807, 2.05) is 35.4 Å². The van der Waals surface area contributed by atoms with Crippen molar-refractivity contribution in [1.82, 2.24) is 19.7 Å². The summed E-state index contributed by atoms with van der Waals surface area (Å²) in [5.74, 6) is -2.76. The topological polar surface area (TPSA) is 108 Å². The molecule has 7 nitrogen and oxygen atoms in total. The number of alkyl halides is 3. The second-order valence-corrected chi connectivity index (χ2v) is 5.92. The molecule has 1 atom stereocenters. The van der Waals surface area contributed by atoms with Crippen LogP contribution in [-0.2, 0) is 4.79 Å². The molecule has 0 fully saturated rings. The molecule has 10 heteroatoms. The maximum absolute atomic E-state index is 10.6. The van der Waals surface area contributed by atoms with E-state index >= 15 is 0 Å². The number of H-pyrrole nitrogens is 1. The van der Waals surface area contributed by atoms with Crippen LogP contribution in [0.25, 0.3) is 22.2 Å². The van der Waals surface area contributed by atoms with Gasteiger partial charge in [-0.2, -0.15) is 23.5 Å². The first-order valence-corrected chi connectivity index (χ1v) is 8.41. The van der Waals surface area contributed by atoms with Crippen LogP contribution in [0.3, 0.4) is 0 Å². The van der Waals surface area contributed by atoms with E-state index in [1.165, 1.54) is 0 Å². The third-order valence-electron chi connectivity index (χ3n) is 3.94. The summed E-state index contributed by atoms with van der Waals surface area (Å²) in [4.78, 5) is 16.3. The van der Waals surface area contributed by atoms with Crippen molar-refractivity contribution in [2.45, 2.75) is 38.4 Å². The molecule has 0 radical (unpaired) electrons. The molecule has 0 saturated carbocycles. The fraction of sp³-hybridized carbons (Fsp3) is 0.333. The van der Waals surface area contributed by atoms with Crippen LogP contribution in [0.2, 0.25) is 0 Å². The van der Waals surface area contributed by atoms with E-state index in [9.17, 15) is 13.2 Å². The number of carbonyl (C=O) groups is 1. The van der Waals surface area contributed by atoms with E-state index in [-0.39, 0.29) is 6.04 Å². The van der Waals surface area contributed by atoms with E-state index in [0.29, 0.717) is 6.42 Å². The van der Waals surface area contributed by atoms with Gasteiger partial charge in [0.25, 0.3) is 0 Å². The average molecular weight is 393 g/mol. The Bertz CT molecular complexity index is 971. The van der Waals surface area contributed by atoms with Crippen LogP contribution < -0.4 is 0 Å². The lowest BCUT2D eigenvalue weighted by molar-refractivity contribution is -0.192. The van der Waals surface area contributed by atoms with Crippen molar-refractivity contribution in [3.8, 4) is 17.2 Å². The number of pyridine rings is 1. The van der Waals surface area contributed by atoms with Crippen molar-refractivity contribution in [3.05, 3.63) is 36.9 Å². The molecular weight excluding hydrogens is 375 g/mol. The number of aromatic nitrogens is 4. The van der Waals surface area contributed by atoms with Gasteiger partial charge in [-0.05, 0) is 24.1 Å². The van der Waals surface area contributed by atoms with Gasteiger partial charge in [0.05, 0.1) is 24.7 Å². The highest BCUT2D eigenvalue weighted by Gasteiger charge is 2.38. The molecule has 3 rings (SSSR count). The predicted molar refractivity (Wildman–Crippen MR) is 95.2 cm³/mol. The Balaban J connectivity index is 0.000000345. The van der Waals surface area contributed by atoms with Crippen LogP contribution in [0.5, 0.6) is 0 Å². The summed E-state index contributed by atoms with van der Waals surface area (Å²) in [7, 11) is 0. The van der Waals surface area contributed by atoms with Crippen molar-refractivity contribution >= 4 is 17.0 Å². The number of nitrogens with one attached hydrogen (secondary N) is 1. The van der Waals surface area contributed by atoms with E-state index in [1.54, 1.807) is 6.20 Å². The van der Waals surface area contributed by atoms with E-state index < -0.39 is 12.1 Å². The molecule has 3 aromatic heterocycles. The van der Waals surface area contributed by atoms with E-state index in [0.717, 1.165) is 35.0 Å². The molecule has 0 saturated heterocycles. The second-order valence-electron chi connectivity index (χ2n) is 5.92. The first kappa shape index (κ1) is 21.0. The normalized spacial score (nSPS) is 12.1. The zero-order valence-corrected chi connectivity index (χ0v) is 14.9. The van der Waals surface area contributed by atoms with Crippen LogP contribution >= 0.6 is 0 Å². The summed E-state index contributed by atoms with van der Waals surface area (Å²) >= 11 is 0. The molecule has 0 unspecified atom stereocenters. The van der Waals surface area contributed by atoms with Gasteiger partial charge < -0.3 is 10.1 Å². The number of hydrogen-bond acceptors (Lipinski definition) is 4. The van der Waals surface area contributed by atoms with Crippen LogP contribution in [0.15, 0.2) is 36.9 Å². The SMILES string of the molecule is CCC[C@H](CC#N)n1cc(-c2ccnc3[nH]ccc23)cn1.O=C(O)C(F)(F)F. The molecule has 0 bridgehead atoms. The van der Waals surface area contributed by atoms with Gasteiger partial charge in [0.15, 0.2) is 0 Å². The van der Waals surface area contributed by atoms with E-state index in [4.69, 9.17) is 15.2 Å². The fourth-order valence-corrected chi connectivity index (χ4v) is 2.66. The molecule has 0 spiro atoms. The highest BCUT2D eigenvalue weighted by atomic mass is 19.4. The van der Waals surface area contributed by atoms with Crippen LogP contribution in [0, 0.1) is 11.3 Å². The predicted octanol–water partition coefficient (Wildman–Crippen LogP) is 4.31. The number of hydrogen-bond donors (Lipinski definition) is 2. The van der Waals surface area contributed by atoms with Crippen molar-refractivity contribution in [2.24, 2.45) is 0 Å². The Morgan fingerprint density at radius 1 is 1.43 bits per heavy atom. The summed E-state index contributed by atoms with van der Waals surface area (Å²) < 4.78 is 33.7. The average Bonchev–Trinajstić information content (AvgIpc) is 3.30. The van der Waals surface area contributed by atoms with Crippen LogP contribution in [-0.4, -0.2) is 37.0 Å². The Kier molecular flexibility index (Phi) is 6.76. The molecule has 3 aromatic rings. The van der Waals surface area contributed by atoms with Gasteiger partial charge in [-0.3, -0.25) is 4.68 Å². The number of nitriles is 1. The molecule has 148 valence electrons. The zero-order valence-electron chi connectivity index (χ0n) is 14.9. The molecule has 0 amide bonds. The third-order valence-corrected chi connectivity index (χ3v) is 3.94. The highest BCUT2D eigenvalue weighted by Crippen LogP contribution is 2.28. The molecule has 2 N–H and O–H groups in total. The maximum atomic E-state index is 10.6. The minimum Gasteiger partial charge on any atom is -0.475 e. The van der Waals surface area contributed by atoms with Crippen molar-refractivity contribution in [2.75, 3.05) is 0 Å². The van der Waals surface area contributed by atoms with Crippen molar-refractivity contribution in [1.29, 1.82) is 5.26 Å². The summed E-state index contributed by atoms with van der Waals surface area (Å²) in [6.45, 7) is 2.13. The van der Waals surface area contributed by atoms with Gasteiger partial charge in [0.1, 0.15) is 5.65 Å². The highest BCUT2D eigenvalue weighted by molar-refractivity contribution is 5.92. The number of carboxylic acid groups (broad SMARTS) is 1. The molecular formula is C18H18F3N5O2. The fourth-order valence-electron chi connectivity index (χ4n) is 2.66. The Hall–Kier alpha value is -3.35. The first-order chi connectivity index (χ1) is 13.3. The Morgan fingerprint density at radius 3 is 2.75 bits per heavy atom. The number of nitrogens with zero attached hydrogens (tertiary/aromatic N) is 4. The van der Waals surface area contributed by atoms with Crippen molar-refractivity contribution < 1.29 is 23.1 Å². The van der Waals surface area contributed by atoms with Crippen molar-refractivity contribution in [3.63, 3.8) is 0 Å². The summed E-state index contributed by atoms with van der Waals surface area (Å²) in [6, 6.07) is 6.42. The van der Waals surface area contributed by atoms with Gasteiger partial charge in [-0.15, -0.1) is 0 Å². The minimum absolute atomic E-state index is 0.150. The molecule has 0 aliphatic rings. The summed E-state index contributed by atoms with van der Waals surface area (Å²) in [5.41, 5.74) is 3.04. The number of aromatic amines is 1. The quantitative estimate of drug-likeness (QED) is 0.671. The van der Waals surface area contributed by atoms with Crippen LogP contribution in [0.1, 0.15) is 32.2 Å². The molecule has 3 heterocycles. The van der Waals surface area contributed by atoms with Gasteiger partial charge >= 0.3 is 12.1 Å². The Morgan fingerprint density at radius 2 is 2.14 bits per heavy atom. The molecule has 0 aliphatic heterocycles. The zero-order chi connectivity index (χ0) is 20.7. The smallest absolute Gasteiger partial charge is 0.475 e. The summed E-state index contributed by atoms with van der Waals surface area (Å²) in [6.07, 6.45) is 4.99. The van der Waals surface area contributed by atoms with E-state index in [2.05, 4.69) is 28.1 Å². The number of carboxylic acids is 1. The molecule has 0 aromatic carbocycles. The number of halogens is 3. The lowest BCUT2D eigenvalue weighted by Crippen LogP contribution is -2.21.